The van der Waals surface area contributed by atoms with Gasteiger partial charge in [0.15, 0.2) is 5.65 Å². The van der Waals surface area contributed by atoms with Crippen molar-refractivity contribution in [3.05, 3.63) is 63.0 Å². The van der Waals surface area contributed by atoms with Gasteiger partial charge in [-0.05, 0) is 37.6 Å². The van der Waals surface area contributed by atoms with Crippen molar-refractivity contribution in [1.82, 2.24) is 24.4 Å². The van der Waals surface area contributed by atoms with Gasteiger partial charge in [0, 0.05) is 44.1 Å². The van der Waals surface area contributed by atoms with E-state index < -0.39 is 0 Å². The van der Waals surface area contributed by atoms with Crippen molar-refractivity contribution >= 4 is 34.8 Å². The van der Waals surface area contributed by atoms with Crippen LogP contribution in [0.3, 0.4) is 0 Å². The number of rotatable bonds is 3. The molecule has 0 saturated carbocycles. The van der Waals surface area contributed by atoms with Crippen molar-refractivity contribution in [3.63, 3.8) is 0 Å². The molecule has 1 saturated heterocycles. The third-order valence-corrected chi connectivity index (χ3v) is 5.80. The highest BCUT2D eigenvalue weighted by molar-refractivity contribution is 6.42. The fourth-order valence-corrected chi connectivity index (χ4v) is 3.92. The predicted octanol–water partition coefficient (Wildman–Crippen LogP) is 3.61. The minimum absolute atomic E-state index is 0.0123. The summed E-state index contributed by atoms with van der Waals surface area (Å²) in [6.45, 7) is 7.62. The molecule has 8 heteroatoms. The maximum absolute atomic E-state index is 13.0. The molecule has 4 rings (SSSR count). The van der Waals surface area contributed by atoms with Crippen LogP contribution < -0.4 is 0 Å². The fourth-order valence-electron chi connectivity index (χ4n) is 3.60. The number of aromatic nitrogens is 3. The Morgan fingerprint density at radius 1 is 1.07 bits per heavy atom. The van der Waals surface area contributed by atoms with E-state index in [1.54, 1.807) is 10.7 Å². The summed E-state index contributed by atoms with van der Waals surface area (Å²) in [6.07, 6.45) is 1.62. The molecule has 0 atom stereocenters. The third kappa shape index (κ3) is 3.72. The van der Waals surface area contributed by atoms with Crippen LogP contribution in [-0.4, -0.2) is 56.5 Å². The number of benzene rings is 1. The lowest BCUT2D eigenvalue weighted by molar-refractivity contribution is 0.0630. The first-order valence-corrected chi connectivity index (χ1v) is 9.95. The second-order valence-electron chi connectivity index (χ2n) is 7.15. The molecule has 3 heterocycles. The Kier molecular flexibility index (Phi) is 5.27. The topological polar surface area (TPSA) is 53.7 Å². The minimum atomic E-state index is -0.0123. The number of carbonyl (C=O) groups is 1. The van der Waals surface area contributed by atoms with Gasteiger partial charge in [-0.1, -0.05) is 29.3 Å². The number of amides is 1. The molecule has 0 spiro atoms. The van der Waals surface area contributed by atoms with Crippen LogP contribution in [0.4, 0.5) is 0 Å². The zero-order valence-corrected chi connectivity index (χ0v) is 17.3. The number of hydrogen-bond donors (Lipinski definition) is 0. The molecule has 1 aromatic carbocycles. The van der Waals surface area contributed by atoms with Gasteiger partial charge in [-0.2, -0.15) is 5.10 Å². The van der Waals surface area contributed by atoms with Gasteiger partial charge in [0.1, 0.15) is 5.56 Å². The molecular formula is C20H21Cl2N5O. The largest absolute Gasteiger partial charge is 0.336 e. The predicted molar refractivity (Wildman–Crippen MR) is 110 cm³/mol. The summed E-state index contributed by atoms with van der Waals surface area (Å²) in [7, 11) is 0. The van der Waals surface area contributed by atoms with Crippen LogP contribution in [0.2, 0.25) is 10.0 Å². The Labute approximate surface area is 173 Å². The normalized spacial score (nSPS) is 15.4. The molecule has 6 nitrogen and oxygen atoms in total. The molecule has 1 aliphatic rings. The van der Waals surface area contributed by atoms with Crippen LogP contribution in [0.15, 0.2) is 30.5 Å². The van der Waals surface area contributed by atoms with E-state index in [1.807, 2.05) is 43.0 Å². The number of nitrogens with zero attached hydrogens (tertiary/aromatic N) is 5. The summed E-state index contributed by atoms with van der Waals surface area (Å²) in [4.78, 5) is 21.7. The van der Waals surface area contributed by atoms with E-state index in [0.29, 0.717) is 34.3 Å². The van der Waals surface area contributed by atoms with E-state index in [2.05, 4.69) is 15.0 Å². The highest BCUT2D eigenvalue weighted by Crippen LogP contribution is 2.23. The molecule has 146 valence electrons. The van der Waals surface area contributed by atoms with Crippen molar-refractivity contribution in [2.45, 2.75) is 20.4 Å². The Morgan fingerprint density at radius 3 is 2.54 bits per heavy atom. The molecule has 0 bridgehead atoms. The molecule has 0 unspecified atom stereocenters. The lowest BCUT2D eigenvalue weighted by Crippen LogP contribution is -2.48. The van der Waals surface area contributed by atoms with Gasteiger partial charge in [-0.3, -0.25) is 9.69 Å². The molecule has 0 radical (unpaired) electrons. The summed E-state index contributed by atoms with van der Waals surface area (Å²) in [5, 5.41) is 5.47. The number of carbonyl (C=O) groups excluding carboxylic acids is 1. The lowest BCUT2D eigenvalue weighted by atomic mass is 10.2. The summed E-state index contributed by atoms with van der Waals surface area (Å²) in [5.74, 6) is -0.0123. The molecule has 28 heavy (non-hydrogen) atoms. The quantitative estimate of drug-likeness (QED) is 0.652. The average molecular weight is 418 g/mol. The monoisotopic (exact) mass is 417 g/mol. The molecule has 2 aromatic heterocycles. The molecular weight excluding hydrogens is 397 g/mol. The zero-order valence-electron chi connectivity index (χ0n) is 15.8. The van der Waals surface area contributed by atoms with Gasteiger partial charge in [-0.25, -0.2) is 9.50 Å². The van der Waals surface area contributed by atoms with Crippen molar-refractivity contribution in [2.75, 3.05) is 26.2 Å². The number of piperazine rings is 1. The molecule has 3 aromatic rings. The number of halogens is 2. The van der Waals surface area contributed by atoms with E-state index in [0.717, 1.165) is 36.6 Å². The second-order valence-corrected chi connectivity index (χ2v) is 7.96. The van der Waals surface area contributed by atoms with Gasteiger partial charge >= 0.3 is 0 Å². The summed E-state index contributed by atoms with van der Waals surface area (Å²) in [6, 6.07) is 7.66. The first-order chi connectivity index (χ1) is 13.4. The number of aryl methyl sites for hydroxylation is 2. The summed E-state index contributed by atoms with van der Waals surface area (Å²) < 4.78 is 1.72. The van der Waals surface area contributed by atoms with E-state index in [9.17, 15) is 4.79 Å². The maximum atomic E-state index is 13.0. The molecule has 0 N–H and O–H groups in total. The van der Waals surface area contributed by atoms with E-state index in [1.165, 1.54) is 0 Å². The van der Waals surface area contributed by atoms with Crippen LogP contribution in [0.5, 0.6) is 0 Å². The van der Waals surface area contributed by atoms with Gasteiger partial charge in [0.25, 0.3) is 5.91 Å². The van der Waals surface area contributed by atoms with Gasteiger partial charge < -0.3 is 4.90 Å². The van der Waals surface area contributed by atoms with E-state index in [4.69, 9.17) is 23.2 Å². The Morgan fingerprint density at radius 2 is 1.82 bits per heavy atom. The Bertz CT molecular complexity index is 1040. The van der Waals surface area contributed by atoms with Crippen LogP contribution in [0, 0.1) is 13.8 Å². The summed E-state index contributed by atoms with van der Waals surface area (Å²) in [5.41, 5.74) is 4.15. The third-order valence-electron chi connectivity index (χ3n) is 5.06. The second kappa shape index (κ2) is 7.70. The van der Waals surface area contributed by atoms with Gasteiger partial charge in [0.05, 0.1) is 16.2 Å². The highest BCUT2D eigenvalue weighted by Gasteiger charge is 2.25. The zero-order chi connectivity index (χ0) is 19.8. The number of fused-ring (bicyclic) bond motifs is 1. The SMILES string of the molecule is Cc1cc(C)n2ncc(C(=O)N3CCN(Cc4ccc(Cl)c(Cl)c4)CC3)c2n1. The highest BCUT2D eigenvalue weighted by atomic mass is 35.5. The van der Waals surface area contributed by atoms with Crippen LogP contribution in [0.25, 0.3) is 5.65 Å². The van der Waals surface area contributed by atoms with Crippen molar-refractivity contribution in [1.29, 1.82) is 0 Å². The first-order valence-electron chi connectivity index (χ1n) is 9.20. The standard InChI is InChI=1S/C20H21Cl2N5O/c1-13-9-14(2)27-19(24-13)16(11-23-27)20(28)26-7-5-25(6-8-26)12-15-3-4-17(21)18(22)10-15/h3-4,9-11H,5-8,12H2,1-2H3. The first kappa shape index (κ1) is 19.2. The maximum Gasteiger partial charge on any atom is 0.259 e. The van der Waals surface area contributed by atoms with E-state index in [-0.39, 0.29) is 5.91 Å². The minimum Gasteiger partial charge on any atom is -0.336 e. The Hall–Kier alpha value is -2.15. The summed E-state index contributed by atoms with van der Waals surface area (Å²) >= 11 is 12.1. The smallest absolute Gasteiger partial charge is 0.259 e. The van der Waals surface area contributed by atoms with E-state index >= 15 is 0 Å². The molecule has 1 fully saturated rings. The van der Waals surface area contributed by atoms with Gasteiger partial charge in [0.2, 0.25) is 0 Å². The fraction of sp³-hybridized carbons (Fsp3) is 0.350. The van der Waals surface area contributed by atoms with Crippen LogP contribution in [-0.2, 0) is 6.54 Å². The molecule has 1 aliphatic heterocycles. The van der Waals surface area contributed by atoms with Crippen LogP contribution >= 0.6 is 23.2 Å². The molecule has 1 amide bonds. The van der Waals surface area contributed by atoms with Gasteiger partial charge in [-0.15, -0.1) is 0 Å². The lowest BCUT2D eigenvalue weighted by Gasteiger charge is -2.34. The average Bonchev–Trinajstić information content (AvgIpc) is 3.09. The van der Waals surface area contributed by atoms with Crippen LogP contribution in [0.1, 0.15) is 27.3 Å². The Balaban J connectivity index is 1.44. The van der Waals surface area contributed by atoms with Crippen molar-refractivity contribution < 1.29 is 4.79 Å². The number of hydrogen-bond acceptors (Lipinski definition) is 4. The van der Waals surface area contributed by atoms with Crippen molar-refractivity contribution in [3.8, 4) is 0 Å². The van der Waals surface area contributed by atoms with Crippen molar-refractivity contribution in [2.24, 2.45) is 0 Å². The molecule has 0 aliphatic carbocycles.